The Morgan fingerprint density at radius 3 is 2.82 bits per heavy atom. The Kier molecular flexibility index (Phi) is 6.00. The van der Waals surface area contributed by atoms with Crippen molar-refractivity contribution in [2.45, 2.75) is 39.0 Å². The van der Waals surface area contributed by atoms with Crippen LogP contribution in [0, 0.1) is 16.0 Å². The molecule has 1 heterocycles. The van der Waals surface area contributed by atoms with Gasteiger partial charge >= 0.3 is 0 Å². The fourth-order valence-corrected chi connectivity index (χ4v) is 5.20. The summed E-state index contributed by atoms with van der Waals surface area (Å²) in [6, 6.07) is 3.83. The van der Waals surface area contributed by atoms with Crippen molar-refractivity contribution >= 4 is 45.4 Å². The van der Waals surface area contributed by atoms with Crippen LogP contribution >= 0.6 is 22.9 Å². The van der Waals surface area contributed by atoms with Crippen molar-refractivity contribution in [3.8, 4) is 0 Å². The SMILES string of the molecule is CCC[C@@H]1CCc2c(sc(NC(=O)c3ccc(Cl)cc3[N+](=O)[O-])c2C(N)=O)C1. The Morgan fingerprint density at radius 1 is 1.43 bits per heavy atom. The minimum atomic E-state index is -0.672. The number of nitrogens with two attached hydrogens (primary N) is 1. The Bertz CT molecular complexity index is 957. The van der Waals surface area contributed by atoms with Gasteiger partial charge in [-0.1, -0.05) is 31.4 Å². The number of primary amides is 1. The van der Waals surface area contributed by atoms with Crippen LogP contribution in [-0.4, -0.2) is 16.7 Å². The lowest BCUT2D eigenvalue weighted by atomic mass is 9.84. The maximum Gasteiger partial charge on any atom is 0.283 e. The lowest BCUT2D eigenvalue weighted by Gasteiger charge is -2.21. The molecular formula is C19H20ClN3O4S. The van der Waals surface area contributed by atoms with Crippen molar-refractivity contribution in [1.29, 1.82) is 0 Å². The van der Waals surface area contributed by atoms with Crippen molar-refractivity contribution in [2.24, 2.45) is 11.7 Å². The number of hydrogen-bond acceptors (Lipinski definition) is 5. The maximum absolute atomic E-state index is 12.7. The second kappa shape index (κ2) is 8.28. The fourth-order valence-electron chi connectivity index (χ4n) is 3.68. The summed E-state index contributed by atoms with van der Waals surface area (Å²) in [5, 5.41) is 14.4. The van der Waals surface area contributed by atoms with E-state index in [1.807, 2.05) is 0 Å². The lowest BCUT2D eigenvalue weighted by Crippen LogP contribution is -2.20. The molecule has 3 N–H and O–H groups in total. The first-order chi connectivity index (χ1) is 13.3. The molecule has 3 rings (SSSR count). The standard InChI is InChI=1S/C19H20ClN3O4S/c1-2-3-10-4-6-13-15(8-10)28-19(16(13)17(21)24)22-18(25)12-7-5-11(20)9-14(12)23(26)27/h5,7,9-10H,2-4,6,8H2,1H3,(H2,21,24)(H,22,25)/t10-/m1/s1. The summed E-state index contributed by atoms with van der Waals surface area (Å²) in [6.45, 7) is 2.14. The molecule has 28 heavy (non-hydrogen) atoms. The third-order valence-electron chi connectivity index (χ3n) is 4.94. The zero-order valence-corrected chi connectivity index (χ0v) is 16.9. The molecule has 1 aliphatic rings. The molecular weight excluding hydrogens is 402 g/mol. The highest BCUT2D eigenvalue weighted by Crippen LogP contribution is 2.41. The maximum atomic E-state index is 12.7. The molecule has 1 aliphatic carbocycles. The number of halogens is 1. The zero-order chi connectivity index (χ0) is 20.4. The van der Waals surface area contributed by atoms with E-state index in [0.717, 1.165) is 48.6 Å². The van der Waals surface area contributed by atoms with E-state index in [-0.39, 0.29) is 10.6 Å². The number of benzene rings is 1. The zero-order valence-electron chi connectivity index (χ0n) is 15.3. The van der Waals surface area contributed by atoms with E-state index >= 15 is 0 Å². The van der Waals surface area contributed by atoms with E-state index < -0.39 is 22.4 Å². The summed E-state index contributed by atoms with van der Waals surface area (Å²) in [7, 11) is 0. The minimum Gasteiger partial charge on any atom is -0.365 e. The van der Waals surface area contributed by atoms with Gasteiger partial charge in [-0.15, -0.1) is 11.3 Å². The van der Waals surface area contributed by atoms with Crippen LogP contribution in [0.2, 0.25) is 5.02 Å². The summed E-state index contributed by atoms with van der Waals surface area (Å²) in [6.07, 6.45) is 4.78. The van der Waals surface area contributed by atoms with Crippen molar-refractivity contribution < 1.29 is 14.5 Å². The third kappa shape index (κ3) is 4.02. The van der Waals surface area contributed by atoms with Crippen molar-refractivity contribution in [3.05, 3.63) is 54.9 Å². The quantitative estimate of drug-likeness (QED) is 0.525. The minimum absolute atomic E-state index is 0.125. The van der Waals surface area contributed by atoms with Crippen LogP contribution in [0.15, 0.2) is 18.2 Å². The normalized spacial score (nSPS) is 15.7. The van der Waals surface area contributed by atoms with Gasteiger partial charge in [0.25, 0.3) is 17.5 Å². The van der Waals surface area contributed by atoms with Crippen LogP contribution in [0.3, 0.4) is 0 Å². The summed E-state index contributed by atoms with van der Waals surface area (Å²) in [5.74, 6) is -0.723. The van der Waals surface area contributed by atoms with Crippen molar-refractivity contribution in [3.63, 3.8) is 0 Å². The Hall–Kier alpha value is -2.45. The molecule has 0 saturated carbocycles. The number of amides is 2. The number of hydrogen-bond donors (Lipinski definition) is 2. The Morgan fingerprint density at radius 2 is 2.18 bits per heavy atom. The Labute approximate surface area is 171 Å². The molecule has 9 heteroatoms. The molecule has 148 valence electrons. The predicted octanol–water partition coefficient (Wildman–Crippen LogP) is 4.57. The number of rotatable bonds is 6. The van der Waals surface area contributed by atoms with Gasteiger partial charge in [-0.25, -0.2) is 0 Å². The number of nitrogens with one attached hydrogen (secondary N) is 1. The number of carbonyl (C=O) groups is 2. The van der Waals surface area contributed by atoms with E-state index in [4.69, 9.17) is 17.3 Å². The number of thiophene rings is 1. The smallest absolute Gasteiger partial charge is 0.283 e. The number of carbonyl (C=O) groups excluding carboxylic acids is 2. The number of nitro groups is 1. The molecule has 0 radical (unpaired) electrons. The van der Waals surface area contributed by atoms with Gasteiger partial charge in [-0.3, -0.25) is 19.7 Å². The average molecular weight is 422 g/mol. The van der Waals surface area contributed by atoms with Gasteiger partial charge in [0.2, 0.25) is 0 Å². The second-order valence-electron chi connectivity index (χ2n) is 6.84. The predicted molar refractivity (Wildman–Crippen MR) is 109 cm³/mol. The van der Waals surface area contributed by atoms with Crippen molar-refractivity contribution in [2.75, 3.05) is 5.32 Å². The highest BCUT2D eigenvalue weighted by Gasteiger charge is 2.29. The first-order valence-corrected chi connectivity index (χ1v) is 10.2. The number of fused-ring (bicyclic) bond motifs is 1. The van der Waals surface area contributed by atoms with Crippen LogP contribution in [0.4, 0.5) is 10.7 Å². The summed E-state index contributed by atoms with van der Waals surface area (Å²) < 4.78 is 0. The van der Waals surface area contributed by atoms with E-state index in [9.17, 15) is 19.7 Å². The Balaban J connectivity index is 1.94. The van der Waals surface area contributed by atoms with Gasteiger partial charge in [0, 0.05) is 16.0 Å². The van der Waals surface area contributed by atoms with Gasteiger partial charge in [0.1, 0.15) is 10.6 Å². The van der Waals surface area contributed by atoms with Crippen LogP contribution < -0.4 is 11.1 Å². The number of nitrogens with zero attached hydrogens (tertiary/aromatic N) is 1. The molecule has 1 atom stereocenters. The van der Waals surface area contributed by atoms with Crippen molar-refractivity contribution in [1.82, 2.24) is 0 Å². The van der Waals surface area contributed by atoms with Gasteiger partial charge < -0.3 is 11.1 Å². The summed E-state index contributed by atoms with van der Waals surface area (Å²) in [4.78, 5) is 36.4. The van der Waals surface area contributed by atoms with Crippen LogP contribution in [0.25, 0.3) is 0 Å². The first kappa shape index (κ1) is 20.3. The monoisotopic (exact) mass is 421 g/mol. The molecule has 0 unspecified atom stereocenters. The lowest BCUT2D eigenvalue weighted by molar-refractivity contribution is -0.385. The molecule has 7 nitrogen and oxygen atoms in total. The van der Waals surface area contributed by atoms with E-state index in [1.165, 1.54) is 23.5 Å². The average Bonchev–Trinajstić information content (AvgIpc) is 2.98. The molecule has 0 saturated heterocycles. The molecule has 0 aliphatic heterocycles. The molecule has 0 fully saturated rings. The third-order valence-corrected chi connectivity index (χ3v) is 6.34. The molecule has 1 aromatic heterocycles. The topological polar surface area (TPSA) is 115 Å². The molecule has 0 spiro atoms. The first-order valence-electron chi connectivity index (χ1n) is 9.01. The highest BCUT2D eigenvalue weighted by molar-refractivity contribution is 7.17. The second-order valence-corrected chi connectivity index (χ2v) is 8.38. The van der Waals surface area contributed by atoms with Gasteiger partial charge in [0.05, 0.1) is 10.5 Å². The van der Waals surface area contributed by atoms with Gasteiger partial charge in [-0.2, -0.15) is 0 Å². The van der Waals surface area contributed by atoms with Crippen LogP contribution in [0.5, 0.6) is 0 Å². The fraction of sp³-hybridized carbons (Fsp3) is 0.368. The molecule has 2 aromatic rings. The van der Waals surface area contributed by atoms with E-state index in [0.29, 0.717) is 16.5 Å². The van der Waals surface area contributed by atoms with Gasteiger partial charge in [0.15, 0.2) is 0 Å². The van der Waals surface area contributed by atoms with E-state index in [1.54, 1.807) is 0 Å². The number of nitro benzene ring substituents is 1. The van der Waals surface area contributed by atoms with Gasteiger partial charge in [-0.05, 0) is 42.9 Å². The molecule has 2 amide bonds. The van der Waals surface area contributed by atoms with Crippen LogP contribution in [0.1, 0.15) is 57.3 Å². The summed E-state index contributed by atoms with van der Waals surface area (Å²) >= 11 is 7.14. The highest BCUT2D eigenvalue weighted by atomic mass is 35.5. The number of anilines is 1. The molecule has 0 bridgehead atoms. The van der Waals surface area contributed by atoms with Crippen LogP contribution in [-0.2, 0) is 12.8 Å². The summed E-state index contributed by atoms with van der Waals surface area (Å²) in [5.41, 5.74) is 6.27. The van der Waals surface area contributed by atoms with E-state index in [2.05, 4.69) is 12.2 Å². The molecule has 1 aromatic carbocycles. The largest absolute Gasteiger partial charge is 0.365 e.